The van der Waals surface area contributed by atoms with Crippen LogP contribution in [0.2, 0.25) is 0 Å². The number of ether oxygens (including phenoxy) is 1. The summed E-state index contributed by atoms with van der Waals surface area (Å²) in [5, 5.41) is 9.47. The summed E-state index contributed by atoms with van der Waals surface area (Å²) in [7, 11) is 0. The third kappa shape index (κ3) is 2.47. The number of aliphatic hydroxyl groups excluding tert-OH is 1. The van der Waals surface area contributed by atoms with Gasteiger partial charge in [0, 0.05) is 25.6 Å². The van der Waals surface area contributed by atoms with Crippen LogP contribution in [0.15, 0.2) is 0 Å². The van der Waals surface area contributed by atoms with E-state index in [0.29, 0.717) is 0 Å². The van der Waals surface area contributed by atoms with E-state index in [1.54, 1.807) is 0 Å². The lowest BCUT2D eigenvalue weighted by molar-refractivity contribution is -0.123. The van der Waals surface area contributed by atoms with Crippen LogP contribution in [0.25, 0.3) is 0 Å². The summed E-state index contributed by atoms with van der Waals surface area (Å²) in [5.41, 5.74) is 0. The fraction of sp³-hybridized carbons (Fsp3) is 1.00. The van der Waals surface area contributed by atoms with Crippen LogP contribution in [0.5, 0.6) is 0 Å². The van der Waals surface area contributed by atoms with Crippen molar-refractivity contribution >= 4 is 0 Å². The molecule has 1 heterocycles. The normalized spacial score (nSPS) is 37.3. The largest absolute Gasteiger partial charge is 0.368 e. The Bertz CT molecular complexity index is 180. The number of hydrogen-bond donors (Lipinski definition) is 1. The van der Waals surface area contributed by atoms with Crippen LogP contribution in [0.3, 0.4) is 0 Å². The number of rotatable bonds is 1. The highest BCUT2D eigenvalue weighted by Gasteiger charge is 2.27. The van der Waals surface area contributed by atoms with Gasteiger partial charge in [-0.3, -0.25) is 4.90 Å². The molecule has 3 nitrogen and oxygen atoms in total. The molecule has 0 radical (unpaired) electrons. The molecule has 0 aromatic heterocycles. The van der Waals surface area contributed by atoms with Gasteiger partial charge >= 0.3 is 0 Å². The van der Waals surface area contributed by atoms with Crippen molar-refractivity contribution in [2.24, 2.45) is 0 Å². The Labute approximate surface area is 86.0 Å². The summed E-state index contributed by atoms with van der Waals surface area (Å²) in [6.07, 6.45) is 5.81. The fourth-order valence-corrected chi connectivity index (χ4v) is 2.68. The number of aliphatic hydroxyl groups is 1. The van der Waals surface area contributed by atoms with Gasteiger partial charge in [0.1, 0.15) is 0 Å². The van der Waals surface area contributed by atoms with E-state index in [9.17, 15) is 5.11 Å². The van der Waals surface area contributed by atoms with E-state index in [2.05, 4.69) is 11.8 Å². The molecule has 0 bridgehead atoms. The summed E-state index contributed by atoms with van der Waals surface area (Å²) in [6.45, 7) is 4.04. The molecule has 0 aromatic carbocycles. The van der Waals surface area contributed by atoms with Crippen molar-refractivity contribution in [3.63, 3.8) is 0 Å². The number of nitrogens with zero attached hydrogens (tertiary/aromatic N) is 1. The van der Waals surface area contributed by atoms with Gasteiger partial charge in [-0.25, -0.2) is 0 Å². The summed E-state index contributed by atoms with van der Waals surface area (Å²) >= 11 is 0. The first-order chi connectivity index (χ1) is 6.75. The average molecular weight is 199 g/mol. The van der Waals surface area contributed by atoms with Crippen molar-refractivity contribution in [2.75, 3.05) is 13.1 Å². The van der Waals surface area contributed by atoms with Crippen LogP contribution in [0.1, 0.15) is 39.0 Å². The van der Waals surface area contributed by atoms with Gasteiger partial charge in [0.2, 0.25) is 0 Å². The van der Waals surface area contributed by atoms with Gasteiger partial charge in [0.25, 0.3) is 0 Å². The third-order valence-electron chi connectivity index (χ3n) is 3.39. The molecule has 1 N–H and O–H groups in total. The molecule has 2 unspecified atom stereocenters. The van der Waals surface area contributed by atoms with Crippen LogP contribution in [0.4, 0.5) is 0 Å². The molecule has 1 saturated carbocycles. The van der Waals surface area contributed by atoms with Gasteiger partial charge in [-0.05, 0) is 19.8 Å². The van der Waals surface area contributed by atoms with E-state index in [4.69, 9.17) is 4.74 Å². The summed E-state index contributed by atoms with van der Waals surface area (Å²) in [4.78, 5) is 2.51. The molecule has 0 spiro atoms. The van der Waals surface area contributed by atoms with Crippen molar-refractivity contribution in [2.45, 2.75) is 57.5 Å². The van der Waals surface area contributed by atoms with E-state index >= 15 is 0 Å². The summed E-state index contributed by atoms with van der Waals surface area (Å²) < 4.78 is 5.41. The van der Waals surface area contributed by atoms with E-state index in [-0.39, 0.29) is 6.10 Å². The zero-order valence-electron chi connectivity index (χ0n) is 8.98. The predicted octanol–water partition coefficient (Wildman–Crippen LogP) is 1.36. The highest BCUT2D eigenvalue weighted by molar-refractivity contribution is 4.80. The Kier molecular flexibility index (Phi) is 3.42. The van der Waals surface area contributed by atoms with Crippen molar-refractivity contribution in [1.82, 2.24) is 4.90 Å². The molecule has 1 aliphatic heterocycles. The van der Waals surface area contributed by atoms with E-state index in [1.165, 1.54) is 25.7 Å². The second-order valence-electron chi connectivity index (χ2n) is 4.62. The molecule has 2 rings (SSSR count). The Morgan fingerprint density at radius 3 is 2.64 bits per heavy atom. The Morgan fingerprint density at radius 2 is 1.93 bits per heavy atom. The van der Waals surface area contributed by atoms with Crippen LogP contribution in [-0.2, 0) is 4.74 Å². The second kappa shape index (κ2) is 4.60. The highest BCUT2D eigenvalue weighted by Crippen LogP contribution is 2.25. The van der Waals surface area contributed by atoms with Crippen LogP contribution >= 0.6 is 0 Å². The van der Waals surface area contributed by atoms with Gasteiger partial charge in [-0.2, -0.15) is 0 Å². The molecule has 14 heavy (non-hydrogen) atoms. The molecule has 2 atom stereocenters. The summed E-state index contributed by atoms with van der Waals surface area (Å²) in [6, 6.07) is 0.756. The van der Waals surface area contributed by atoms with Gasteiger partial charge in [-0.15, -0.1) is 0 Å². The maximum absolute atomic E-state index is 9.47. The zero-order valence-corrected chi connectivity index (χ0v) is 8.98. The fourth-order valence-electron chi connectivity index (χ4n) is 2.68. The molecule has 82 valence electrons. The first kappa shape index (κ1) is 10.4. The van der Waals surface area contributed by atoms with E-state index < -0.39 is 6.29 Å². The molecule has 1 aliphatic carbocycles. The van der Waals surface area contributed by atoms with Crippen LogP contribution in [-0.4, -0.2) is 41.5 Å². The van der Waals surface area contributed by atoms with E-state index in [0.717, 1.165) is 25.6 Å². The Hall–Kier alpha value is -0.120. The molecular formula is C11H21NO2. The zero-order chi connectivity index (χ0) is 9.97. The standard InChI is InChI=1S/C11H21NO2/c1-9-8-12(7-6-11(13)14-9)10-4-2-3-5-10/h9-11,13H,2-8H2,1H3. The average Bonchev–Trinajstić information content (AvgIpc) is 2.59. The minimum Gasteiger partial charge on any atom is -0.368 e. The molecular weight excluding hydrogens is 178 g/mol. The van der Waals surface area contributed by atoms with Crippen molar-refractivity contribution in [1.29, 1.82) is 0 Å². The lowest BCUT2D eigenvalue weighted by atomic mass is 10.2. The van der Waals surface area contributed by atoms with Crippen molar-refractivity contribution < 1.29 is 9.84 Å². The minimum atomic E-state index is -0.545. The second-order valence-corrected chi connectivity index (χ2v) is 4.62. The first-order valence-electron chi connectivity index (χ1n) is 5.83. The quantitative estimate of drug-likeness (QED) is 0.692. The first-order valence-corrected chi connectivity index (χ1v) is 5.83. The van der Waals surface area contributed by atoms with Gasteiger partial charge in [-0.1, -0.05) is 12.8 Å². The predicted molar refractivity (Wildman–Crippen MR) is 55.0 cm³/mol. The molecule has 2 fully saturated rings. The monoisotopic (exact) mass is 199 g/mol. The number of hydrogen-bond acceptors (Lipinski definition) is 3. The topological polar surface area (TPSA) is 32.7 Å². The molecule has 2 aliphatic rings. The molecule has 0 aromatic rings. The van der Waals surface area contributed by atoms with E-state index in [1.807, 2.05) is 0 Å². The third-order valence-corrected chi connectivity index (χ3v) is 3.39. The van der Waals surface area contributed by atoms with Gasteiger partial charge < -0.3 is 9.84 Å². The SMILES string of the molecule is CC1CN(C2CCCC2)CCC(O)O1. The van der Waals surface area contributed by atoms with Crippen molar-refractivity contribution in [3.8, 4) is 0 Å². The van der Waals surface area contributed by atoms with Crippen LogP contribution < -0.4 is 0 Å². The van der Waals surface area contributed by atoms with Gasteiger partial charge in [0.05, 0.1) is 6.10 Å². The van der Waals surface area contributed by atoms with Crippen molar-refractivity contribution in [3.05, 3.63) is 0 Å². The molecule has 0 amide bonds. The maximum Gasteiger partial charge on any atom is 0.156 e. The minimum absolute atomic E-state index is 0.174. The smallest absolute Gasteiger partial charge is 0.156 e. The van der Waals surface area contributed by atoms with Crippen LogP contribution in [0, 0.1) is 0 Å². The maximum atomic E-state index is 9.47. The lowest BCUT2D eigenvalue weighted by Gasteiger charge is -2.27. The molecule has 3 heteroatoms. The van der Waals surface area contributed by atoms with Gasteiger partial charge in [0.15, 0.2) is 6.29 Å². The summed E-state index contributed by atoms with van der Waals surface area (Å²) in [5.74, 6) is 0. The Morgan fingerprint density at radius 1 is 1.21 bits per heavy atom. The highest BCUT2D eigenvalue weighted by atomic mass is 16.6. The Balaban J connectivity index is 1.90. The lowest BCUT2D eigenvalue weighted by Crippen LogP contribution is -2.37. The molecule has 1 saturated heterocycles.